The van der Waals surface area contributed by atoms with Gasteiger partial charge in [-0.1, -0.05) is 45.9 Å². The molecule has 0 bridgehead atoms. The Labute approximate surface area is 162 Å². The third-order valence-electron chi connectivity index (χ3n) is 3.45. The number of aromatic amines is 1. The number of ketones is 1. The molecule has 2 aromatic carbocycles. The lowest BCUT2D eigenvalue weighted by Gasteiger charge is -2.03. The Morgan fingerprint density at radius 2 is 1.88 bits per heavy atom. The van der Waals surface area contributed by atoms with Crippen molar-refractivity contribution >= 4 is 45.1 Å². The van der Waals surface area contributed by atoms with Gasteiger partial charge in [-0.15, -0.1) is 5.10 Å². The van der Waals surface area contributed by atoms with Crippen molar-refractivity contribution in [2.75, 3.05) is 11.1 Å². The summed E-state index contributed by atoms with van der Waals surface area (Å²) in [4.78, 5) is 27.7. The highest BCUT2D eigenvalue weighted by atomic mass is 79.9. The molecule has 0 saturated carbocycles. The Bertz CT molecular complexity index is 940. The van der Waals surface area contributed by atoms with E-state index < -0.39 is 0 Å². The number of anilines is 1. The molecule has 6 nitrogen and oxygen atoms in total. The molecule has 132 valence electrons. The van der Waals surface area contributed by atoms with Gasteiger partial charge >= 0.3 is 0 Å². The summed E-state index contributed by atoms with van der Waals surface area (Å²) in [7, 11) is 0. The summed E-state index contributed by atoms with van der Waals surface area (Å²) in [6.07, 6.45) is 0. The van der Waals surface area contributed by atoms with E-state index in [0.717, 1.165) is 10.0 Å². The summed E-state index contributed by atoms with van der Waals surface area (Å²) in [6.45, 7) is 1.44. The monoisotopic (exact) mass is 430 g/mol. The lowest BCUT2D eigenvalue weighted by Crippen LogP contribution is -2.07. The molecule has 2 N–H and O–H groups in total. The van der Waals surface area contributed by atoms with Crippen LogP contribution in [0, 0.1) is 0 Å². The first-order valence-electron chi connectivity index (χ1n) is 7.74. The van der Waals surface area contributed by atoms with Crippen LogP contribution in [-0.4, -0.2) is 32.6 Å². The molecule has 1 amide bonds. The second kappa shape index (κ2) is 8.29. The zero-order chi connectivity index (χ0) is 18.5. The number of nitrogens with one attached hydrogen (secondary N) is 2. The van der Waals surface area contributed by atoms with Crippen molar-refractivity contribution < 1.29 is 9.59 Å². The molecule has 1 aromatic heterocycles. The second-order valence-electron chi connectivity index (χ2n) is 5.42. The number of amides is 1. The molecule has 0 spiro atoms. The van der Waals surface area contributed by atoms with Gasteiger partial charge in [0.15, 0.2) is 11.6 Å². The molecule has 0 aliphatic heterocycles. The number of rotatable bonds is 6. The van der Waals surface area contributed by atoms with E-state index in [1.54, 1.807) is 24.3 Å². The maximum Gasteiger partial charge on any atom is 0.221 e. The third-order valence-corrected chi connectivity index (χ3v) is 4.99. The zero-order valence-corrected chi connectivity index (χ0v) is 16.2. The van der Waals surface area contributed by atoms with Gasteiger partial charge in [0, 0.05) is 28.2 Å². The minimum absolute atomic E-state index is 0.0309. The standard InChI is InChI=1S/C18H15BrN4O2S/c1-11(24)20-13-8-6-12(7-9-13)16(25)10-26-18-21-17(22-23-18)14-4-2-3-5-15(14)19/h2-9H,10H2,1H3,(H,20,24)(H,21,22,23). The van der Waals surface area contributed by atoms with Gasteiger partial charge in [-0.05, 0) is 30.3 Å². The number of H-pyrrole nitrogens is 1. The summed E-state index contributed by atoms with van der Waals surface area (Å²) in [5, 5.41) is 10.2. The van der Waals surface area contributed by atoms with Crippen LogP contribution in [0.5, 0.6) is 0 Å². The normalized spacial score (nSPS) is 10.5. The summed E-state index contributed by atoms with van der Waals surface area (Å²) < 4.78 is 0.919. The van der Waals surface area contributed by atoms with Crippen LogP contribution in [0.2, 0.25) is 0 Å². The van der Waals surface area contributed by atoms with E-state index in [-0.39, 0.29) is 17.4 Å². The van der Waals surface area contributed by atoms with Gasteiger partial charge in [0.05, 0.1) is 5.75 Å². The molecule has 0 unspecified atom stereocenters. The van der Waals surface area contributed by atoms with E-state index in [4.69, 9.17) is 0 Å². The van der Waals surface area contributed by atoms with Crippen molar-refractivity contribution in [1.82, 2.24) is 15.2 Å². The van der Waals surface area contributed by atoms with Crippen molar-refractivity contribution in [2.24, 2.45) is 0 Å². The van der Waals surface area contributed by atoms with E-state index in [1.165, 1.54) is 18.7 Å². The number of hydrogen-bond donors (Lipinski definition) is 2. The summed E-state index contributed by atoms with van der Waals surface area (Å²) in [5.41, 5.74) is 2.15. The fraction of sp³-hybridized carbons (Fsp3) is 0.111. The van der Waals surface area contributed by atoms with E-state index in [2.05, 4.69) is 36.4 Å². The van der Waals surface area contributed by atoms with Crippen LogP contribution in [0.4, 0.5) is 5.69 Å². The molecule has 8 heteroatoms. The summed E-state index contributed by atoms with van der Waals surface area (Å²) in [6, 6.07) is 14.5. The van der Waals surface area contributed by atoms with Gasteiger partial charge in [0.1, 0.15) is 0 Å². The quantitative estimate of drug-likeness (QED) is 0.452. The molecule has 0 atom stereocenters. The van der Waals surface area contributed by atoms with Crippen molar-refractivity contribution in [3.05, 3.63) is 58.6 Å². The minimum atomic E-state index is -0.148. The number of thioether (sulfide) groups is 1. The topological polar surface area (TPSA) is 87.7 Å². The van der Waals surface area contributed by atoms with Gasteiger partial charge in [-0.25, -0.2) is 4.98 Å². The average Bonchev–Trinajstić information content (AvgIpc) is 3.09. The Hall–Kier alpha value is -2.45. The Balaban J connectivity index is 1.61. The number of carbonyl (C=O) groups excluding carboxylic acids is 2. The van der Waals surface area contributed by atoms with Crippen LogP contribution in [0.15, 0.2) is 58.2 Å². The van der Waals surface area contributed by atoms with Crippen molar-refractivity contribution in [2.45, 2.75) is 12.1 Å². The van der Waals surface area contributed by atoms with E-state index in [0.29, 0.717) is 22.2 Å². The van der Waals surface area contributed by atoms with Crippen molar-refractivity contribution in [1.29, 1.82) is 0 Å². The molecular weight excluding hydrogens is 416 g/mol. The average molecular weight is 431 g/mol. The van der Waals surface area contributed by atoms with Crippen molar-refractivity contribution in [3.63, 3.8) is 0 Å². The van der Waals surface area contributed by atoms with Crippen molar-refractivity contribution in [3.8, 4) is 11.4 Å². The Morgan fingerprint density at radius 3 is 2.58 bits per heavy atom. The van der Waals surface area contributed by atoms with Gasteiger partial charge in [-0.2, -0.15) is 0 Å². The van der Waals surface area contributed by atoms with E-state index in [9.17, 15) is 9.59 Å². The lowest BCUT2D eigenvalue weighted by atomic mass is 10.1. The highest BCUT2D eigenvalue weighted by Gasteiger charge is 2.12. The number of Topliss-reactive ketones (excluding diaryl/α,β-unsaturated/α-hetero) is 1. The first kappa shape index (κ1) is 18.3. The van der Waals surface area contributed by atoms with Gasteiger partial charge in [0.25, 0.3) is 0 Å². The van der Waals surface area contributed by atoms with E-state index >= 15 is 0 Å². The first-order chi connectivity index (χ1) is 12.5. The molecule has 0 fully saturated rings. The number of halogens is 1. The van der Waals surface area contributed by atoms with Gasteiger partial charge in [0.2, 0.25) is 11.1 Å². The maximum absolute atomic E-state index is 12.3. The maximum atomic E-state index is 12.3. The van der Waals surface area contributed by atoms with Gasteiger partial charge in [-0.3, -0.25) is 14.7 Å². The summed E-state index contributed by atoms with van der Waals surface area (Å²) in [5.74, 6) is 0.695. The molecule has 0 aliphatic rings. The highest BCUT2D eigenvalue weighted by Crippen LogP contribution is 2.26. The van der Waals surface area contributed by atoms with Crippen LogP contribution in [0.3, 0.4) is 0 Å². The van der Waals surface area contributed by atoms with Crippen LogP contribution in [0.25, 0.3) is 11.4 Å². The molecule has 1 heterocycles. The molecule has 0 radical (unpaired) electrons. The van der Waals surface area contributed by atoms with Crippen LogP contribution in [-0.2, 0) is 4.79 Å². The number of carbonyl (C=O) groups is 2. The number of nitrogens with zero attached hydrogens (tertiary/aromatic N) is 2. The van der Waals surface area contributed by atoms with Crippen LogP contribution in [0.1, 0.15) is 17.3 Å². The predicted molar refractivity (Wildman–Crippen MR) is 105 cm³/mol. The smallest absolute Gasteiger partial charge is 0.221 e. The summed E-state index contributed by atoms with van der Waals surface area (Å²) >= 11 is 4.75. The minimum Gasteiger partial charge on any atom is -0.326 e. The number of aromatic nitrogens is 3. The largest absolute Gasteiger partial charge is 0.326 e. The Kier molecular flexibility index (Phi) is 5.85. The molecule has 26 heavy (non-hydrogen) atoms. The second-order valence-corrected chi connectivity index (χ2v) is 7.21. The van der Waals surface area contributed by atoms with Crippen LogP contribution < -0.4 is 5.32 Å². The molecule has 0 aliphatic carbocycles. The van der Waals surface area contributed by atoms with Crippen LogP contribution >= 0.6 is 27.7 Å². The molecule has 0 saturated heterocycles. The fourth-order valence-electron chi connectivity index (χ4n) is 2.24. The highest BCUT2D eigenvalue weighted by molar-refractivity contribution is 9.10. The molecule has 3 rings (SSSR count). The van der Waals surface area contributed by atoms with Gasteiger partial charge < -0.3 is 5.32 Å². The fourth-order valence-corrected chi connectivity index (χ4v) is 3.41. The number of benzene rings is 2. The lowest BCUT2D eigenvalue weighted by molar-refractivity contribution is -0.114. The Morgan fingerprint density at radius 1 is 1.15 bits per heavy atom. The zero-order valence-electron chi connectivity index (χ0n) is 13.8. The predicted octanol–water partition coefficient (Wildman–Crippen LogP) is 4.17. The SMILES string of the molecule is CC(=O)Nc1ccc(C(=O)CSc2n[nH]c(-c3ccccc3Br)n2)cc1. The number of hydrogen-bond acceptors (Lipinski definition) is 5. The van der Waals surface area contributed by atoms with E-state index in [1.807, 2.05) is 24.3 Å². The third kappa shape index (κ3) is 4.59. The molecular formula is C18H15BrN4O2S. The molecule has 3 aromatic rings. The first-order valence-corrected chi connectivity index (χ1v) is 9.52.